The summed E-state index contributed by atoms with van der Waals surface area (Å²) in [6.45, 7) is 3.38. The monoisotopic (exact) mass is 344 g/mol. The van der Waals surface area contributed by atoms with Crippen LogP contribution in [0.1, 0.15) is 38.2 Å². The minimum Gasteiger partial charge on any atom is -0.454 e. The van der Waals surface area contributed by atoms with Crippen LogP contribution in [-0.4, -0.2) is 31.7 Å². The van der Waals surface area contributed by atoms with Crippen LogP contribution >= 0.6 is 0 Å². The molecule has 2 saturated carbocycles. The van der Waals surface area contributed by atoms with Gasteiger partial charge in [0.1, 0.15) is 0 Å². The third-order valence-electron chi connectivity index (χ3n) is 5.56. The normalized spacial score (nSPS) is 24.5. The van der Waals surface area contributed by atoms with Crippen LogP contribution in [0, 0.1) is 11.8 Å². The molecule has 1 aliphatic heterocycles. The first-order valence-corrected chi connectivity index (χ1v) is 9.02. The van der Waals surface area contributed by atoms with Crippen molar-refractivity contribution in [2.24, 2.45) is 11.8 Å². The maximum absolute atomic E-state index is 12.1. The van der Waals surface area contributed by atoms with E-state index in [0.717, 1.165) is 30.8 Å². The fourth-order valence-corrected chi connectivity index (χ4v) is 3.42. The molecule has 0 spiro atoms. The van der Waals surface area contributed by atoms with Crippen molar-refractivity contribution >= 4 is 11.8 Å². The van der Waals surface area contributed by atoms with Gasteiger partial charge in [-0.25, -0.2) is 0 Å². The van der Waals surface area contributed by atoms with Crippen molar-refractivity contribution in [3.63, 3.8) is 0 Å². The number of rotatable bonds is 7. The van der Waals surface area contributed by atoms with Crippen molar-refractivity contribution in [3.8, 4) is 11.5 Å². The van der Waals surface area contributed by atoms with E-state index in [1.807, 2.05) is 12.1 Å². The van der Waals surface area contributed by atoms with Crippen LogP contribution in [-0.2, 0) is 15.0 Å². The van der Waals surface area contributed by atoms with Gasteiger partial charge in [-0.05, 0) is 42.9 Å². The minimum absolute atomic E-state index is 0.0172. The number of ether oxygens (including phenoxy) is 2. The molecular weight excluding hydrogens is 320 g/mol. The number of benzene rings is 1. The Morgan fingerprint density at radius 3 is 2.68 bits per heavy atom. The van der Waals surface area contributed by atoms with E-state index in [1.54, 1.807) is 0 Å². The Morgan fingerprint density at radius 1 is 1.20 bits per heavy atom. The fraction of sp³-hybridized carbons (Fsp3) is 0.579. The number of carbonyl (C=O) groups is 2. The molecule has 2 amide bonds. The summed E-state index contributed by atoms with van der Waals surface area (Å²) in [5.74, 6) is 2.28. The Morgan fingerprint density at radius 2 is 1.96 bits per heavy atom. The summed E-state index contributed by atoms with van der Waals surface area (Å²) in [6, 6.07) is 6.02. The molecule has 0 aromatic heterocycles. The molecule has 134 valence electrons. The topological polar surface area (TPSA) is 76.7 Å². The molecule has 1 heterocycles. The van der Waals surface area contributed by atoms with Gasteiger partial charge in [0, 0.05) is 30.8 Å². The average Bonchev–Trinajstić information content (AvgIpc) is 3.50. The lowest BCUT2D eigenvalue weighted by Crippen LogP contribution is -2.35. The van der Waals surface area contributed by atoms with E-state index >= 15 is 0 Å². The minimum atomic E-state index is -0.0174. The molecule has 1 aromatic carbocycles. The second kappa shape index (κ2) is 6.24. The highest BCUT2D eigenvalue weighted by atomic mass is 16.7. The zero-order valence-corrected chi connectivity index (χ0v) is 14.5. The molecule has 4 rings (SSSR count). The van der Waals surface area contributed by atoms with Gasteiger partial charge in [-0.15, -0.1) is 0 Å². The van der Waals surface area contributed by atoms with Crippen molar-refractivity contribution < 1.29 is 19.1 Å². The van der Waals surface area contributed by atoms with Gasteiger partial charge in [0.15, 0.2) is 11.5 Å². The highest BCUT2D eigenvalue weighted by Gasteiger charge is 2.45. The maximum Gasteiger partial charge on any atom is 0.231 e. The maximum atomic E-state index is 12.1. The summed E-state index contributed by atoms with van der Waals surface area (Å²) >= 11 is 0. The molecule has 0 unspecified atom stereocenters. The van der Waals surface area contributed by atoms with Crippen molar-refractivity contribution in [3.05, 3.63) is 23.8 Å². The zero-order chi connectivity index (χ0) is 17.4. The van der Waals surface area contributed by atoms with Crippen molar-refractivity contribution in [1.29, 1.82) is 0 Å². The van der Waals surface area contributed by atoms with Gasteiger partial charge >= 0.3 is 0 Å². The predicted octanol–water partition coefficient (Wildman–Crippen LogP) is 1.73. The fourth-order valence-electron chi connectivity index (χ4n) is 3.42. The third kappa shape index (κ3) is 3.43. The van der Waals surface area contributed by atoms with E-state index < -0.39 is 0 Å². The Kier molecular flexibility index (Phi) is 4.06. The van der Waals surface area contributed by atoms with E-state index in [0.29, 0.717) is 25.4 Å². The van der Waals surface area contributed by atoms with Gasteiger partial charge < -0.3 is 20.1 Å². The smallest absolute Gasteiger partial charge is 0.231 e. The third-order valence-corrected chi connectivity index (χ3v) is 5.56. The molecule has 0 bridgehead atoms. The molecule has 2 fully saturated rings. The average molecular weight is 344 g/mol. The van der Waals surface area contributed by atoms with Crippen molar-refractivity contribution in [2.45, 2.75) is 38.0 Å². The lowest BCUT2D eigenvalue weighted by Gasteiger charge is -2.17. The second-order valence-electron chi connectivity index (χ2n) is 7.49. The first-order chi connectivity index (χ1) is 12.1. The number of hydrogen-bond acceptors (Lipinski definition) is 4. The lowest BCUT2D eigenvalue weighted by molar-refractivity contribution is -0.123. The van der Waals surface area contributed by atoms with Gasteiger partial charge in [-0.3, -0.25) is 9.59 Å². The van der Waals surface area contributed by atoms with Crippen LogP contribution in [0.15, 0.2) is 18.2 Å². The number of amides is 2. The molecule has 25 heavy (non-hydrogen) atoms. The summed E-state index contributed by atoms with van der Waals surface area (Å²) < 4.78 is 10.8. The first-order valence-electron chi connectivity index (χ1n) is 9.02. The van der Waals surface area contributed by atoms with Crippen LogP contribution in [0.2, 0.25) is 0 Å². The van der Waals surface area contributed by atoms with Crippen molar-refractivity contribution in [1.82, 2.24) is 10.6 Å². The highest BCUT2D eigenvalue weighted by Crippen LogP contribution is 2.49. The van der Waals surface area contributed by atoms with Gasteiger partial charge in [0.05, 0.1) is 0 Å². The van der Waals surface area contributed by atoms with Gasteiger partial charge in [0.25, 0.3) is 0 Å². The highest BCUT2D eigenvalue weighted by molar-refractivity contribution is 5.82. The molecule has 1 aromatic rings. The van der Waals surface area contributed by atoms with E-state index in [4.69, 9.17) is 9.47 Å². The van der Waals surface area contributed by atoms with Gasteiger partial charge in [-0.2, -0.15) is 0 Å². The van der Waals surface area contributed by atoms with Gasteiger partial charge in [0.2, 0.25) is 18.6 Å². The summed E-state index contributed by atoms with van der Waals surface area (Å²) in [6.07, 6.45) is 3.41. The number of fused-ring (bicyclic) bond motifs is 1. The lowest BCUT2D eigenvalue weighted by atomic mass is 9.95. The first kappa shape index (κ1) is 16.2. The summed E-state index contributed by atoms with van der Waals surface area (Å²) in [5.41, 5.74) is 1.21. The molecule has 0 saturated heterocycles. The predicted molar refractivity (Wildman–Crippen MR) is 91.4 cm³/mol. The SMILES string of the molecule is C[C@H]1C[C@@H]1C(=O)NCCC(=O)NCC1(c2ccc3c(c2)OCO3)CC1. The molecule has 3 aliphatic rings. The van der Waals surface area contributed by atoms with Crippen LogP contribution in [0.3, 0.4) is 0 Å². The molecule has 2 N–H and O–H groups in total. The Labute approximate surface area is 147 Å². The van der Waals surface area contributed by atoms with E-state index in [1.165, 1.54) is 5.56 Å². The van der Waals surface area contributed by atoms with Gasteiger partial charge in [-0.1, -0.05) is 13.0 Å². The van der Waals surface area contributed by atoms with Crippen LogP contribution in [0.4, 0.5) is 0 Å². The Bertz CT molecular complexity index is 699. The Balaban J connectivity index is 1.23. The quantitative estimate of drug-likeness (QED) is 0.790. The summed E-state index contributed by atoms with van der Waals surface area (Å²) in [5, 5.41) is 5.87. The molecular formula is C19H24N2O4. The summed E-state index contributed by atoms with van der Waals surface area (Å²) in [4.78, 5) is 23.8. The summed E-state index contributed by atoms with van der Waals surface area (Å²) in [7, 11) is 0. The largest absolute Gasteiger partial charge is 0.454 e. The standard InChI is InChI=1S/C19H24N2O4/c1-12-8-14(12)18(23)20-7-4-17(22)21-10-19(5-6-19)13-2-3-15-16(9-13)25-11-24-15/h2-3,9,12,14H,4-8,10-11H2,1H3,(H,20,23)(H,21,22)/t12-,14-/m0/s1. The van der Waals surface area contributed by atoms with E-state index in [9.17, 15) is 9.59 Å². The van der Waals surface area contributed by atoms with E-state index in [2.05, 4.69) is 23.6 Å². The number of carbonyl (C=O) groups excluding carboxylic acids is 2. The molecule has 0 radical (unpaired) electrons. The Hall–Kier alpha value is -2.24. The molecule has 2 aliphatic carbocycles. The van der Waals surface area contributed by atoms with E-state index in [-0.39, 0.29) is 29.9 Å². The second-order valence-corrected chi connectivity index (χ2v) is 7.49. The molecule has 2 atom stereocenters. The zero-order valence-electron chi connectivity index (χ0n) is 14.5. The van der Waals surface area contributed by atoms with Crippen LogP contribution in [0.5, 0.6) is 11.5 Å². The number of nitrogens with one attached hydrogen (secondary N) is 2. The molecule has 6 nitrogen and oxygen atoms in total. The van der Waals surface area contributed by atoms with Crippen LogP contribution < -0.4 is 20.1 Å². The molecule has 6 heteroatoms. The van der Waals surface area contributed by atoms with Crippen molar-refractivity contribution in [2.75, 3.05) is 19.9 Å². The van der Waals surface area contributed by atoms with Crippen LogP contribution in [0.25, 0.3) is 0 Å². The number of hydrogen-bond donors (Lipinski definition) is 2.